The maximum Gasteiger partial charge on any atom is 0.286 e. The number of para-hydroxylation sites is 1. The molecule has 0 aliphatic carbocycles. The predicted molar refractivity (Wildman–Crippen MR) is 118 cm³/mol. The molecule has 0 spiro atoms. The summed E-state index contributed by atoms with van der Waals surface area (Å²) in [7, 11) is 0. The van der Waals surface area contributed by atoms with E-state index in [0.29, 0.717) is 16.5 Å². The maximum absolute atomic E-state index is 12.8. The van der Waals surface area contributed by atoms with Crippen molar-refractivity contribution in [1.29, 1.82) is 0 Å². The molecule has 0 saturated heterocycles. The third kappa shape index (κ3) is 3.30. The molecule has 144 valence electrons. The summed E-state index contributed by atoms with van der Waals surface area (Å²) in [6, 6.07) is 17.4. The van der Waals surface area contributed by atoms with Crippen LogP contribution in [0.1, 0.15) is 11.3 Å². The first-order valence-corrected chi connectivity index (χ1v) is 10.8. The number of fused-ring (bicyclic) bond motifs is 2. The van der Waals surface area contributed by atoms with Gasteiger partial charge in [-0.1, -0.05) is 41.2 Å². The molecule has 2 aromatic carbocycles. The number of aromatic amines is 2. The van der Waals surface area contributed by atoms with Crippen LogP contribution in [0.4, 0.5) is 0 Å². The van der Waals surface area contributed by atoms with Crippen LogP contribution >= 0.6 is 23.1 Å². The number of aryl methyl sites for hydroxylation is 1. The molecule has 0 bridgehead atoms. The molecule has 5 aromatic rings. The minimum atomic E-state index is -0.391. The van der Waals surface area contributed by atoms with Crippen molar-refractivity contribution in [3.8, 4) is 5.13 Å². The van der Waals surface area contributed by atoms with Gasteiger partial charge in [-0.3, -0.25) is 14.7 Å². The Labute approximate surface area is 173 Å². The van der Waals surface area contributed by atoms with Crippen molar-refractivity contribution in [2.45, 2.75) is 17.6 Å². The van der Waals surface area contributed by atoms with E-state index in [1.807, 2.05) is 31.2 Å². The lowest BCUT2D eigenvalue weighted by molar-refractivity contribution is 0.850. The SMILES string of the molecule is Cc1ccc(SCc2cc(=O)c3c(=O)n(-c4nc5ccccc5s4)[nH]c3[nH]2)cc1. The summed E-state index contributed by atoms with van der Waals surface area (Å²) in [5.74, 6) is 0.600. The fraction of sp³-hybridized carbons (Fsp3) is 0.0952. The minimum absolute atomic E-state index is 0.119. The highest BCUT2D eigenvalue weighted by atomic mass is 32.2. The van der Waals surface area contributed by atoms with Gasteiger partial charge in [0.1, 0.15) is 11.0 Å². The summed E-state index contributed by atoms with van der Waals surface area (Å²) in [6.45, 7) is 2.05. The molecule has 3 aromatic heterocycles. The largest absolute Gasteiger partial charge is 0.343 e. The van der Waals surface area contributed by atoms with Crippen LogP contribution in [0.3, 0.4) is 0 Å². The van der Waals surface area contributed by atoms with Gasteiger partial charge in [-0.05, 0) is 31.2 Å². The molecule has 0 amide bonds. The molecule has 0 saturated carbocycles. The Hall–Kier alpha value is -3.10. The summed E-state index contributed by atoms with van der Waals surface area (Å²) in [5, 5.41) is 3.64. The lowest BCUT2D eigenvalue weighted by Crippen LogP contribution is -2.18. The molecule has 0 radical (unpaired) electrons. The van der Waals surface area contributed by atoms with Gasteiger partial charge >= 0.3 is 0 Å². The summed E-state index contributed by atoms with van der Waals surface area (Å²) in [6.07, 6.45) is 0. The van der Waals surface area contributed by atoms with Crippen molar-refractivity contribution in [2.24, 2.45) is 0 Å². The van der Waals surface area contributed by atoms with Gasteiger partial charge in [0.2, 0.25) is 5.13 Å². The molecule has 2 N–H and O–H groups in total. The Morgan fingerprint density at radius 1 is 1.10 bits per heavy atom. The molecule has 29 heavy (non-hydrogen) atoms. The monoisotopic (exact) mass is 420 g/mol. The van der Waals surface area contributed by atoms with Gasteiger partial charge in [-0.25, -0.2) is 4.98 Å². The van der Waals surface area contributed by atoms with Gasteiger partial charge in [0, 0.05) is 22.4 Å². The number of benzene rings is 2. The summed E-state index contributed by atoms with van der Waals surface area (Å²) < 4.78 is 2.32. The number of hydrogen-bond donors (Lipinski definition) is 2. The second kappa shape index (κ2) is 7.06. The van der Waals surface area contributed by atoms with Gasteiger partial charge in [0.15, 0.2) is 5.43 Å². The van der Waals surface area contributed by atoms with Crippen LogP contribution in [0.15, 0.2) is 69.1 Å². The van der Waals surface area contributed by atoms with Crippen molar-refractivity contribution in [2.75, 3.05) is 0 Å². The fourth-order valence-corrected chi connectivity index (χ4v) is 4.88. The standard InChI is InChI=1S/C21H16N4O2S2/c1-12-6-8-14(9-7-12)28-11-13-10-16(26)18-19(22-13)24-25(20(18)27)21-23-15-4-2-3-5-17(15)29-21/h2-10H,11H2,1H3,(H2,22,24,26). The molecule has 6 nitrogen and oxygen atoms in total. The van der Waals surface area contributed by atoms with Crippen LogP contribution in [0, 0.1) is 6.92 Å². The second-order valence-electron chi connectivity index (χ2n) is 6.73. The number of H-pyrrole nitrogens is 2. The van der Waals surface area contributed by atoms with Gasteiger partial charge in [0.05, 0.1) is 10.2 Å². The number of pyridine rings is 1. The van der Waals surface area contributed by atoms with E-state index in [1.54, 1.807) is 11.8 Å². The van der Waals surface area contributed by atoms with Crippen LogP contribution in [0.2, 0.25) is 0 Å². The smallest absolute Gasteiger partial charge is 0.286 e. The van der Waals surface area contributed by atoms with Crippen molar-refractivity contribution < 1.29 is 0 Å². The first-order chi connectivity index (χ1) is 14.1. The zero-order valence-electron chi connectivity index (χ0n) is 15.4. The fourth-order valence-electron chi connectivity index (χ4n) is 3.15. The second-order valence-corrected chi connectivity index (χ2v) is 8.78. The Kier molecular flexibility index (Phi) is 4.37. The van der Waals surface area contributed by atoms with Crippen LogP contribution in [0.25, 0.3) is 26.4 Å². The van der Waals surface area contributed by atoms with E-state index in [4.69, 9.17) is 0 Å². The molecular weight excluding hydrogens is 404 g/mol. The maximum atomic E-state index is 12.8. The van der Waals surface area contributed by atoms with E-state index in [1.165, 1.54) is 27.6 Å². The van der Waals surface area contributed by atoms with Crippen molar-refractivity contribution >= 4 is 44.3 Å². The van der Waals surface area contributed by atoms with Crippen molar-refractivity contribution in [3.05, 3.63) is 86.4 Å². The average Bonchev–Trinajstić information content (AvgIpc) is 3.28. The number of nitrogens with one attached hydrogen (secondary N) is 2. The van der Waals surface area contributed by atoms with E-state index in [-0.39, 0.29) is 10.8 Å². The van der Waals surface area contributed by atoms with Crippen LogP contribution in [-0.4, -0.2) is 19.7 Å². The van der Waals surface area contributed by atoms with Crippen molar-refractivity contribution in [3.63, 3.8) is 0 Å². The van der Waals surface area contributed by atoms with Gasteiger partial charge in [0.25, 0.3) is 5.56 Å². The summed E-state index contributed by atoms with van der Waals surface area (Å²) in [4.78, 5) is 34.3. The van der Waals surface area contributed by atoms with E-state index >= 15 is 0 Å². The third-order valence-electron chi connectivity index (χ3n) is 4.62. The van der Waals surface area contributed by atoms with Crippen LogP contribution in [0.5, 0.6) is 0 Å². The molecule has 0 atom stereocenters. The number of thioether (sulfide) groups is 1. The highest BCUT2D eigenvalue weighted by Crippen LogP contribution is 2.24. The number of rotatable bonds is 4. The Balaban J connectivity index is 1.52. The molecule has 0 unspecified atom stereocenters. The minimum Gasteiger partial charge on any atom is -0.343 e. The van der Waals surface area contributed by atoms with E-state index in [0.717, 1.165) is 20.8 Å². The first kappa shape index (κ1) is 18.0. The average molecular weight is 421 g/mol. The van der Waals surface area contributed by atoms with Crippen LogP contribution in [-0.2, 0) is 5.75 Å². The van der Waals surface area contributed by atoms with Gasteiger partial charge in [-0.2, -0.15) is 4.68 Å². The lowest BCUT2D eigenvalue weighted by atomic mass is 10.2. The Bertz CT molecular complexity index is 1430. The highest BCUT2D eigenvalue weighted by Gasteiger charge is 2.16. The molecule has 5 rings (SSSR count). The number of nitrogens with zero attached hydrogens (tertiary/aromatic N) is 2. The number of aromatic nitrogens is 4. The Morgan fingerprint density at radius 3 is 2.69 bits per heavy atom. The van der Waals surface area contributed by atoms with Gasteiger partial charge in [-0.15, -0.1) is 11.8 Å². The van der Waals surface area contributed by atoms with E-state index < -0.39 is 5.56 Å². The Morgan fingerprint density at radius 2 is 1.90 bits per heavy atom. The molecule has 0 aliphatic heterocycles. The first-order valence-electron chi connectivity index (χ1n) is 9.01. The third-order valence-corrected chi connectivity index (χ3v) is 6.70. The number of thiazole rings is 1. The summed E-state index contributed by atoms with van der Waals surface area (Å²) >= 11 is 3.03. The molecular formula is C21H16N4O2S2. The lowest BCUT2D eigenvalue weighted by Gasteiger charge is -2.03. The zero-order valence-corrected chi connectivity index (χ0v) is 17.1. The zero-order chi connectivity index (χ0) is 20.0. The van der Waals surface area contributed by atoms with E-state index in [9.17, 15) is 9.59 Å². The molecule has 3 heterocycles. The number of hydrogen-bond acceptors (Lipinski definition) is 5. The molecule has 0 fully saturated rings. The predicted octanol–water partition coefficient (Wildman–Crippen LogP) is 4.22. The van der Waals surface area contributed by atoms with E-state index in [2.05, 4.69) is 39.3 Å². The normalized spacial score (nSPS) is 11.5. The highest BCUT2D eigenvalue weighted by molar-refractivity contribution is 7.98. The summed E-state index contributed by atoms with van der Waals surface area (Å²) in [5.41, 5.74) is 2.52. The topological polar surface area (TPSA) is 83.5 Å². The van der Waals surface area contributed by atoms with Crippen LogP contribution < -0.4 is 11.0 Å². The molecule has 0 aliphatic rings. The van der Waals surface area contributed by atoms with Crippen molar-refractivity contribution in [1.82, 2.24) is 19.7 Å². The van der Waals surface area contributed by atoms with Gasteiger partial charge < -0.3 is 4.98 Å². The quantitative estimate of drug-likeness (QED) is 0.427. The molecule has 8 heteroatoms.